The number of nitrogens with one attached hydrogen (secondary N) is 1. The highest BCUT2D eigenvalue weighted by atomic mass is 32.1. The van der Waals surface area contributed by atoms with Crippen molar-refractivity contribution >= 4 is 11.3 Å². The first kappa shape index (κ1) is 10.4. The van der Waals surface area contributed by atoms with E-state index >= 15 is 0 Å². The van der Waals surface area contributed by atoms with Gasteiger partial charge in [0, 0.05) is 16.6 Å². The Morgan fingerprint density at radius 2 is 2.20 bits per heavy atom. The molecule has 2 aromatic heterocycles. The number of nitrogens with two attached hydrogens (primary N) is 1. The lowest BCUT2D eigenvalue weighted by Crippen LogP contribution is -2.28. The van der Waals surface area contributed by atoms with Gasteiger partial charge < -0.3 is 10.7 Å². The van der Waals surface area contributed by atoms with Crippen LogP contribution in [0.25, 0.3) is 10.7 Å². The maximum absolute atomic E-state index is 6.08. The molecule has 0 radical (unpaired) electrons. The molecule has 2 rings (SSSR count). The number of aromatic amines is 1. The number of hydrogen-bond acceptors (Lipinski definition) is 3. The van der Waals surface area contributed by atoms with Crippen molar-refractivity contribution in [2.75, 3.05) is 0 Å². The molecule has 0 aliphatic carbocycles. The minimum atomic E-state index is -0.313. The molecule has 0 aliphatic heterocycles. The van der Waals surface area contributed by atoms with Crippen LogP contribution in [0.3, 0.4) is 0 Å². The first-order chi connectivity index (χ1) is 6.98. The van der Waals surface area contributed by atoms with E-state index in [4.69, 9.17) is 5.73 Å². The average molecular weight is 221 g/mol. The van der Waals surface area contributed by atoms with Crippen LogP contribution in [0.15, 0.2) is 18.3 Å². The van der Waals surface area contributed by atoms with Crippen LogP contribution in [0.2, 0.25) is 0 Å². The molecule has 2 aromatic rings. The van der Waals surface area contributed by atoms with Gasteiger partial charge >= 0.3 is 0 Å². The van der Waals surface area contributed by atoms with Crippen molar-refractivity contribution in [2.24, 2.45) is 5.73 Å². The number of rotatable bonds is 2. The standard InChI is InChI=1S/C11H15N3S/c1-7-9(11(2,3)12)15-10(14-7)8-5-4-6-13-8/h4-6,13H,12H2,1-3H3. The monoisotopic (exact) mass is 221 g/mol. The smallest absolute Gasteiger partial charge is 0.140 e. The Hall–Kier alpha value is -1.13. The first-order valence-electron chi connectivity index (χ1n) is 4.89. The van der Waals surface area contributed by atoms with E-state index < -0.39 is 0 Å². The van der Waals surface area contributed by atoms with Crippen molar-refractivity contribution in [1.29, 1.82) is 0 Å². The summed E-state index contributed by atoms with van der Waals surface area (Å²) in [7, 11) is 0. The van der Waals surface area contributed by atoms with Crippen molar-refractivity contribution < 1.29 is 0 Å². The van der Waals surface area contributed by atoms with E-state index in [1.54, 1.807) is 11.3 Å². The molecule has 2 heterocycles. The van der Waals surface area contributed by atoms with Gasteiger partial charge in [0.2, 0.25) is 0 Å². The predicted molar refractivity (Wildman–Crippen MR) is 63.9 cm³/mol. The van der Waals surface area contributed by atoms with Crippen molar-refractivity contribution in [1.82, 2.24) is 9.97 Å². The second-order valence-electron chi connectivity index (χ2n) is 4.24. The van der Waals surface area contributed by atoms with Gasteiger partial charge in [-0.1, -0.05) is 0 Å². The molecule has 0 saturated carbocycles. The van der Waals surface area contributed by atoms with Gasteiger partial charge in [-0.05, 0) is 32.9 Å². The van der Waals surface area contributed by atoms with Crippen LogP contribution >= 0.6 is 11.3 Å². The van der Waals surface area contributed by atoms with Gasteiger partial charge in [0.15, 0.2) is 0 Å². The topological polar surface area (TPSA) is 54.7 Å². The van der Waals surface area contributed by atoms with Gasteiger partial charge in [-0.2, -0.15) is 0 Å². The molecule has 0 saturated heterocycles. The predicted octanol–water partition coefficient (Wildman–Crippen LogP) is 2.64. The highest BCUT2D eigenvalue weighted by Crippen LogP contribution is 2.32. The van der Waals surface area contributed by atoms with Crippen LogP contribution in [0, 0.1) is 6.92 Å². The number of hydrogen-bond donors (Lipinski definition) is 2. The first-order valence-corrected chi connectivity index (χ1v) is 5.70. The van der Waals surface area contributed by atoms with E-state index in [-0.39, 0.29) is 5.54 Å². The molecule has 80 valence electrons. The van der Waals surface area contributed by atoms with Gasteiger partial charge in [-0.3, -0.25) is 0 Å². The quantitative estimate of drug-likeness (QED) is 0.819. The number of aromatic nitrogens is 2. The number of nitrogens with zero attached hydrogens (tertiary/aromatic N) is 1. The molecule has 0 unspecified atom stereocenters. The van der Waals surface area contributed by atoms with Crippen LogP contribution in [0.1, 0.15) is 24.4 Å². The van der Waals surface area contributed by atoms with Crippen LogP contribution in [-0.4, -0.2) is 9.97 Å². The molecule has 0 aliphatic rings. The third-order valence-corrected chi connectivity index (χ3v) is 3.74. The second-order valence-corrected chi connectivity index (χ2v) is 5.24. The minimum absolute atomic E-state index is 0.313. The molecular weight excluding hydrogens is 206 g/mol. The van der Waals surface area contributed by atoms with Gasteiger partial charge in [-0.25, -0.2) is 4.98 Å². The lowest BCUT2D eigenvalue weighted by molar-refractivity contribution is 0.562. The highest BCUT2D eigenvalue weighted by Gasteiger charge is 2.21. The molecule has 0 spiro atoms. The molecule has 0 amide bonds. The third kappa shape index (κ3) is 1.96. The summed E-state index contributed by atoms with van der Waals surface area (Å²) < 4.78 is 0. The Morgan fingerprint density at radius 3 is 2.67 bits per heavy atom. The van der Waals surface area contributed by atoms with Gasteiger partial charge in [0.25, 0.3) is 0 Å². The zero-order valence-corrected chi connectivity index (χ0v) is 9.98. The summed E-state index contributed by atoms with van der Waals surface area (Å²) >= 11 is 1.66. The number of thiazole rings is 1. The summed E-state index contributed by atoms with van der Waals surface area (Å²) in [6.07, 6.45) is 1.90. The van der Waals surface area contributed by atoms with Crippen molar-refractivity contribution in [3.63, 3.8) is 0 Å². The van der Waals surface area contributed by atoms with E-state index in [0.717, 1.165) is 21.3 Å². The fourth-order valence-electron chi connectivity index (χ4n) is 1.57. The Labute approximate surface area is 93.4 Å². The molecular formula is C11H15N3S. The zero-order valence-electron chi connectivity index (χ0n) is 9.16. The maximum atomic E-state index is 6.08. The third-order valence-electron chi connectivity index (χ3n) is 2.21. The summed E-state index contributed by atoms with van der Waals surface area (Å²) in [4.78, 5) is 8.82. The molecule has 0 aromatic carbocycles. The summed E-state index contributed by atoms with van der Waals surface area (Å²) in [5.41, 5.74) is 7.85. The van der Waals surface area contributed by atoms with Crippen LogP contribution in [-0.2, 0) is 5.54 Å². The SMILES string of the molecule is Cc1nc(-c2ccc[nH]2)sc1C(C)(C)N. The summed E-state index contributed by atoms with van der Waals surface area (Å²) in [6, 6.07) is 3.99. The minimum Gasteiger partial charge on any atom is -0.359 e. The fourth-order valence-corrected chi connectivity index (χ4v) is 2.64. The molecule has 0 atom stereocenters. The van der Waals surface area contributed by atoms with Gasteiger partial charge in [0.1, 0.15) is 5.01 Å². The van der Waals surface area contributed by atoms with E-state index in [1.807, 2.05) is 39.1 Å². The van der Waals surface area contributed by atoms with Crippen molar-refractivity contribution in [3.05, 3.63) is 28.9 Å². The van der Waals surface area contributed by atoms with E-state index in [9.17, 15) is 0 Å². The Balaban J connectivity index is 2.47. The maximum Gasteiger partial charge on any atom is 0.140 e. The van der Waals surface area contributed by atoms with Gasteiger partial charge in [0.05, 0.1) is 11.4 Å². The molecule has 15 heavy (non-hydrogen) atoms. The van der Waals surface area contributed by atoms with Gasteiger partial charge in [-0.15, -0.1) is 11.3 Å². The van der Waals surface area contributed by atoms with Crippen molar-refractivity contribution in [3.8, 4) is 10.7 Å². The second kappa shape index (κ2) is 3.47. The highest BCUT2D eigenvalue weighted by molar-refractivity contribution is 7.15. The Morgan fingerprint density at radius 1 is 1.47 bits per heavy atom. The van der Waals surface area contributed by atoms with Crippen molar-refractivity contribution in [2.45, 2.75) is 26.3 Å². The lowest BCUT2D eigenvalue weighted by Gasteiger charge is -2.16. The number of aryl methyl sites for hydroxylation is 1. The van der Waals surface area contributed by atoms with Crippen LogP contribution in [0.4, 0.5) is 0 Å². The summed E-state index contributed by atoms with van der Waals surface area (Å²) in [5, 5.41) is 1.01. The van der Waals surface area contributed by atoms with E-state index in [1.165, 1.54) is 0 Å². The molecule has 0 fully saturated rings. The molecule has 3 nitrogen and oxygen atoms in total. The Bertz CT molecular complexity index is 449. The summed E-state index contributed by atoms with van der Waals surface area (Å²) in [6.45, 7) is 6.02. The van der Waals surface area contributed by atoms with Crippen LogP contribution in [0.5, 0.6) is 0 Å². The lowest BCUT2D eigenvalue weighted by atomic mass is 10.0. The van der Waals surface area contributed by atoms with E-state index in [2.05, 4.69) is 9.97 Å². The number of H-pyrrole nitrogens is 1. The zero-order chi connectivity index (χ0) is 11.1. The molecule has 0 bridgehead atoms. The molecule has 3 N–H and O–H groups in total. The summed E-state index contributed by atoms with van der Waals surface area (Å²) in [5.74, 6) is 0. The van der Waals surface area contributed by atoms with E-state index in [0.29, 0.717) is 0 Å². The average Bonchev–Trinajstić information content (AvgIpc) is 2.68. The Kier molecular flexibility index (Phi) is 2.40. The van der Waals surface area contributed by atoms with Crippen LogP contribution < -0.4 is 5.73 Å². The fraction of sp³-hybridized carbons (Fsp3) is 0.364. The normalized spacial score (nSPS) is 12.0. The largest absolute Gasteiger partial charge is 0.359 e. The molecule has 4 heteroatoms.